The van der Waals surface area contributed by atoms with Gasteiger partial charge in [-0.15, -0.1) is 0 Å². The van der Waals surface area contributed by atoms with Gasteiger partial charge in [0, 0.05) is 26.7 Å². The van der Waals surface area contributed by atoms with Crippen molar-refractivity contribution in [2.45, 2.75) is 19.8 Å². The fraction of sp³-hybridized carbons (Fsp3) is 0.667. The third kappa shape index (κ3) is 2.13. The molecule has 1 aliphatic rings. The Labute approximate surface area is 101 Å². The molecule has 0 amide bonds. The molecule has 0 saturated carbocycles. The van der Waals surface area contributed by atoms with Crippen molar-refractivity contribution < 1.29 is 5.11 Å². The number of piperidine rings is 1. The van der Waals surface area contributed by atoms with Crippen LogP contribution in [0.2, 0.25) is 0 Å². The molecule has 1 aromatic heterocycles. The van der Waals surface area contributed by atoms with Crippen LogP contribution < -0.4 is 4.90 Å². The SMILES string of the molecule is Cc1nn(C)c(N2CCC(CO)CC2)c1C#N. The molecule has 0 bridgehead atoms. The van der Waals surface area contributed by atoms with E-state index in [-0.39, 0.29) is 6.61 Å². The lowest BCUT2D eigenvalue weighted by Gasteiger charge is -2.32. The highest BCUT2D eigenvalue weighted by atomic mass is 16.3. The Hall–Kier alpha value is -1.54. The lowest BCUT2D eigenvalue weighted by atomic mass is 9.98. The van der Waals surface area contributed by atoms with E-state index in [4.69, 9.17) is 5.11 Å². The predicted molar refractivity (Wildman–Crippen MR) is 64.7 cm³/mol. The largest absolute Gasteiger partial charge is 0.396 e. The summed E-state index contributed by atoms with van der Waals surface area (Å²) in [5, 5.41) is 22.6. The molecule has 1 aliphatic heterocycles. The molecule has 0 atom stereocenters. The summed E-state index contributed by atoms with van der Waals surface area (Å²) in [7, 11) is 1.88. The van der Waals surface area contributed by atoms with Gasteiger partial charge < -0.3 is 10.0 Å². The van der Waals surface area contributed by atoms with Crippen LogP contribution in [0.5, 0.6) is 0 Å². The van der Waals surface area contributed by atoms with Crippen LogP contribution in [0, 0.1) is 24.2 Å². The molecule has 92 valence electrons. The summed E-state index contributed by atoms with van der Waals surface area (Å²) in [6, 6.07) is 2.23. The van der Waals surface area contributed by atoms with Gasteiger partial charge in [-0.05, 0) is 25.7 Å². The van der Waals surface area contributed by atoms with Gasteiger partial charge in [0.1, 0.15) is 17.5 Å². The number of nitriles is 1. The van der Waals surface area contributed by atoms with E-state index in [1.165, 1.54) is 0 Å². The average Bonchev–Trinajstić information content (AvgIpc) is 2.63. The number of anilines is 1. The zero-order valence-corrected chi connectivity index (χ0v) is 10.3. The van der Waals surface area contributed by atoms with Crippen molar-refractivity contribution in [3.05, 3.63) is 11.3 Å². The highest BCUT2D eigenvalue weighted by Crippen LogP contribution is 2.27. The van der Waals surface area contributed by atoms with Crippen molar-refractivity contribution in [2.24, 2.45) is 13.0 Å². The smallest absolute Gasteiger partial charge is 0.144 e. The van der Waals surface area contributed by atoms with E-state index in [2.05, 4.69) is 16.1 Å². The standard InChI is InChI=1S/C12H18N4O/c1-9-11(7-13)12(15(2)14-9)16-5-3-10(8-17)4-6-16/h10,17H,3-6,8H2,1-2H3. The van der Waals surface area contributed by atoms with Crippen LogP contribution in [0.3, 0.4) is 0 Å². The summed E-state index contributed by atoms with van der Waals surface area (Å²) in [6.07, 6.45) is 1.96. The van der Waals surface area contributed by atoms with Gasteiger partial charge >= 0.3 is 0 Å². The first-order valence-corrected chi connectivity index (χ1v) is 5.97. The minimum atomic E-state index is 0.267. The Morgan fingerprint density at radius 2 is 2.12 bits per heavy atom. The van der Waals surface area contributed by atoms with Gasteiger partial charge in [0.2, 0.25) is 0 Å². The summed E-state index contributed by atoms with van der Waals surface area (Å²) >= 11 is 0. The maximum absolute atomic E-state index is 9.17. The summed E-state index contributed by atoms with van der Waals surface area (Å²) in [5.41, 5.74) is 1.46. The fourth-order valence-corrected chi connectivity index (χ4v) is 2.47. The molecule has 17 heavy (non-hydrogen) atoms. The van der Waals surface area contributed by atoms with E-state index in [0.717, 1.165) is 37.4 Å². The third-order valence-corrected chi connectivity index (χ3v) is 3.48. The highest BCUT2D eigenvalue weighted by Gasteiger charge is 2.24. The molecule has 1 saturated heterocycles. The third-order valence-electron chi connectivity index (χ3n) is 3.48. The molecule has 1 fully saturated rings. The summed E-state index contributed by atoms with van der Waals surface area (Å²) < 4.78 is 1.78. The quantitative estimate of drug-likeness (QED) is 0.822. The predicted octanol–water partition coefficient (Wildman–Crippen LogP) is 0.809. The van der Waals surface area contributed by atoms with E-state index < -0.39 is 0 Å². The Morgan fingerprint density at radius 3 is 2.65 bits per heavy atom. The van der Waals surface area contributed by atoms with Crippen molar-refractivity contribution in [1.82, 2.24) is 9.78 Å². The van der Waals surface area contributed by atoms with E-state index in [1.54, 1.807) is 4.68 Å². The fourth-order valence-electron chi connectivity index (χ4n) is 2.47. The number of rotatable bonds is 2. The van der Waals surface area contributed by atoms with Gasteiger partial charge in [0.25, 0.3) is 0 Å². The first-order valence-electron chi connectivity index (χ1n) is 5.97. The van der Waals surface area contributed by atoms with Crippen molar-refractivity contribution in [3.63, 3.8) is 0 Å². The summed E-state index contributed by atoms with van der Waals surface area (Å²) in [6.45, 7) is 3.91. The van der Waals surface area contributed by atoms with Crippen LogP contribution in [0.15, 0.2) is 0 Å². The molecule has 1 aromatic rings. The van der Waals surface area contributed by atoms with Crippen molar-refractivity contribution in [3.8, 4) is 6.07 Å². The molecule has 0 radical (unpaired) electrons. The Bertz CT molecular complexity index is 438. The maximum Gasteiger partial charge on any atom is 0.144 e. The normalized spacial score (nSPS) is 17.2. The van der Waals surface area contributed by atoms with Crippen molar-refractivity contribution >= 4 is 5.82 Å². The number of aryl methyl sites for hydroxylation is 2. The molecule has 5 nitrogen and oxygen atoms in total. The summed E-state index contributed by atoms with van der Waals surface area (Å²) in [5.74, 6) is 1.33. The van der Waals surface area contributed by atoms with Crippen molar-refractivity contribution in [1.29, 1.82) is 5.26 Å². The van der Waals surface area contributed by atoms with E-state index in [0.29, 0.717) is 11.5 Å². The summed E-state index contributed by atoms with van der Waals surface area (Å²) in [4.78, 5) is 2.20. The first-order chi connectivity index (χ1) is 8.17. The van der Waals surface area contributed by atoms with Gasteiger partial charge in [-0.2, -0.15) is 10.4 Å². The Kier molecular flexibility index (Phi) is 3.34. The number of aliphatic hydroxyl groups excluding tert-OH is 1. The molecule has 2 heterocycles. The van der Waals surface area contributed by atoms with Crippen LogP contribution in [0.1, 0.15) is 24.1 Å². The monoisotopic (exact) mass is 234 g/mol. The average molecular weight is 234 g/mol. The molecule has 0 unspecified atom stereocenters. The minimum absolute atomic E-state index is 0.267. The zero-order valence-electron chi connectivity index (χ0n) is 10.3. The van der Waals surface area contributed by atoms with Crippen LogP contribution in [0.4, 0.5) is 5.82 Å². The zero-order chi connectivity index (χ0) is 12.4. The van der Waals surface area contributed by atoms with E-state index >= 15 is 0 Å². The minimum Gasteiger partial charge on any atom is -0.396 e. The number of aromatic nitrogens is 2. The Morgan fingerprint density at radius 1 is 1.47 bits per heavy atom. The lowest BCUT2D eigenvalue weighted by molar-refractivity contribution is 0.202. The lowest BCUT2D eigenvalue weighted by Crippen LogP contribution is -2.36. The molecular formula is C12H18N4O. The number of hydrogen-bond donors (Lipinski definition) is 1. The second kappa shape index (κ2) is 4.76. The second-order valence-electron chi connectivity index (χ2n) is 4.63. The van der Waals surface area contributed by atoms with E-state index in [9.17, 15) is 5.26 Å². The molecular weight excluding hydrogens is 216 g/mol. The van der Waals surface area contributed by atoms with Crippen LogP contribution in [-0.2, 0) is 7.05 Å². The second-order valence-corrected chi connectivity index (χ2v) is 4.63. The van der Waals surface area contributed by atoms with Gasteiger partial charge in [-0.25, -0.2) is 0 Å². The van der Waals surface area contributed by atoms with Gasteiger partial charge in [0.05, 0.1) is 5.69 Å². The van der Waals surface area contributed by atoms with Crippen LogP contribution in [0.25, 0.3) is 0 Å². The number of aliphatic hydroxyl groups is 1. The Balaban J connectivity index is 2.21. The first kappa shape index (κ1) is 11.9. The highest BCUT2D eigenvalue weighted by molar-refractivity contribution is 5.57. The molecule has 2 rings (SSSR count). The number of hydrogen-bond acceptors (Lipinski definition) is 4. The van der Waals surface area contributed by atoms with E-state index in [1.807, 2.05) is 14.0 Å². The molecule has 0 aromatic carbocycles. The van der Waals surface area contributed by atoms with Gasteiger partial charge in [-0.1, -0.05) is 0 Å². The maximum atomic E-state index is 9.17. The molecule has 0 spiro atoms. The molecule has 5 heteroatoms. The topological polar surface area (TPSA) is 65.1 Å². The number of nitrogens with zero attached hydrogens (tertiary/aromatic N) is 4. The van der Waals surface area contributed by atoms with Gasteiger partial charge in [0.15, 0.2) is 0 Å². The van der Waals surface area contributed by atoms with Crippen molar-refractivity contribution in [2.75, 3.05) is 24.6 Å². The molecule has 1 N–H and O–H groups in total. The van der Waals surface area contributed by atoms with Crippen LogP contribution in [-0.4, -0.2) is 34.6 Å². The van der Waals surface area contributed by atoms with Crippen LogP contribution >= 0.6 is 0 Å². The van der Waals surface area contributed by atoms with Gasteiger partial charge in [-0.3, -0.25) is 4.68 Å². The molecule has 0 aliphatic carbocycles.